The van der Waals surface area contributed by atoms with Crippen molar-refractivity contribution >= 4 is 29.3 Å². The van der Waals surface area contributed by atoms with Crippen LogP contribution in [-0.2, 0) is 16.0 Å². The Morgan fingerprint density at radius 2 is 2.35 bits per heavy atom. The van der Waals surface area contributed by atoms with Crippen LogP contribution in [0.1, 0.15) is 19.7 Å². The number of hydrogen-bond donors (Lipinski definition) is 1. The van der Waals surface area contributed by atoms with Gasteiger partial charge in [0, 0.05) is 12.2 Å². The monoisotopic (exact) mass is 275 g/mol. The normalized spacial score (nSPS) is 12.4. The zero-order valence-corrected chi connectivity index (χ0v) is 11.9. The summed E-state index contributed by atoms with van der Waals surface area (Å²) in [4.78, 5) is 15.9. The fourth-order valence-electron chi connectivity index (χ4n) is 1.11. The Kier molecular flexibility index (Phi) is 6.46. The van der Waals surface area contributed by atoms with Crippen molar-refractivity contribution in [2.75, 3.05) is 19.4 Å². The Morgan fingerprint density at radius 3 is 2.88 bits per heavy atom. The summed E-state index contributed by atoms with van der Waals surface area (Å²) in [6.07, 6.45) is 0.838. The molecule has 0 aromatic carbocycles. The topological polar surface area (TPSA) is 64.1 Å². The summed E-state index contributed by atoms with van der Waals surface area (Å²) in [5, 5.41) is 2.94. The summed E-state index contributed by atoms with van der Waals surface area (Å²) >= 11 is 2.90. The van der Waals surface area contributed by atoms with Gasteiger partial charge >= 0.3 is 5.97 Å². The molecule has 0 radical (unpaired) electrons. The zero-order chi connectivity index (χ0) is 12.7. The van der Waals surface area contributed by atoms with E-state index in [0.29, 0.717) is 12.4 Å². The third-order valence-electron chi connectivity index (χ3n) is 2.06. The number of esters is 1. The molecule has 17 heavy (non-hydrogen) atoms. The van der Waals surface area contributed by atoms with E-state index in [1.54, 1.807) is 14.0 Å². The van der Waals surface area contributed by atoms with Gasteiger partial charge in [-0.1, -0.05) is 18.7 Å². The fraction of sp³-hybridized carbons (Fsp3) is 0.700. The van der Waals surface area contributed by atoms with Crippen LogP contribution in [0, 0.1) is 0 Å². The van der Waals surface area contributed by atoms with E-state index < -0.39 is 0 Å². The first-order chi connectivity index (χ1) is 8.21. The number of aromatic nitrogens is 2. The van der Waals surface area contributed by atoms with Crippen molar-refractivity contribution in [1.29, 1.82) is 0 Å². The van der Waals surface area contributed by atoms with E-state index >= 15 is 0 Å². The highest BCUT2D eigenvalue weighted by atomic mass is 32.2. The minimum Gasteiger partial charge on any atom is -0.465 e. The molecule has 0 saturated carbocycles. The van der Waals surface area contributed by atoms with Crippen molar-refractivity contribution in [1.82, 2.24) is 14.7 Å². The van der Waals surface area contributed by atoms with Crippen LogP contribution in [0.4, 0.5) is 0 Å². The third kappa shape index (κ3) is 4.61. The maximum Gasteiger partial charge on any atom is 0.323 e. The van der Waals surface area contributed by atoms with Gasteiger partial charge in [0.25, 0.3) is 0 Å². The SMILES string of the molecule is CCOC(=O)C(CSc1nc(CC)ns1)NC. The second kappa shape index (κ2) is 7.62. The predicted molar refractivity (Wildman–Crippen MR) is 69.5 cm³/mol. The lowest BCUT2D eigenvalue weighted by molar-refractivity contribution is -0.144. The molecule has 0 aliphatic rings. The number of carbonyl (C=O) groups excluding carboxylic acids is 1. The highest BCUT2D eigenvalue weighted by Crippen LogP contribution is 2.21. The fourth-order valence-corrected chi connectivity index (χ4v) is 2.92. The van der Waals surface area contributed by atoms with E-state index in [-0.39, 0.29) is 12.0 Å². The van der Waals surface area contributed by atoms with Gasteiger partial charge < -0.3 is 10.1 Å². The van der Waals surface area contributed by atoms with Gasteiger partial charge in [0.1, 0.15) is 11.9 Å². The van der Waals surface area contributed by atoms with Crippen LogP contribution in [0.15, 0.2) is 4.34 Å². The lowest BCUT2D eigenvalue weighted by Gasteiger charge is -2.12. The quantitative estimate of drug-likeness (QED) is 0.598. The standard InChI is InChI=1S/C10H17N3O2S2/c1-4-8-12-10(17-13-8)16-6-7(11-3)9(14)15-5-2/h7,11H,4-6H2,1-3H3. The van der Waals surface area contributed by atoms with E-state index in [9.17, 15) is 4.79 Å². The van der Waals surface area contributed by atoms with Gasteiger partial charge in [-0.15, -0.1) is 0 Å². The van der Waals surface area contributed by atoms with Crippen molar-refractivity contribution < 1.29 is 9.53 Å². The lowest BCUT2D eigenvalue weighted by atomic mass is 10.3. The molecule has 1 unspecified atom stereocenters. The maximum absolute atomic E-state index is 11.5. The minimum absolute atomic E-state index is 0.220. The van der Waals surface area contributed by atoms with Crippen LogP contribution in [0.3, 0.4) is 0 Å². The van der Waals surface area contributed by atoms with Crippen LogP contribution in [0.5, 0.6) is 0 Å². The Bertz CT molecular complexity index is 357. The largest absolute Gasteiger partial charge is 0.465 e. The zero-order valence-electron chi connectivity index (χ0n) is 10.2. The molecule has 1 heterocycles. The second-order valence-electron chi connectivity index (χ2n) is 3.23. The minimum atomic E-state index is -0.297. The Hall–Kier alpha value is -0.660. The molecule has 0 saturated heterocycles. The van der Waals surface area contributed by atoms with Crippen LogP contribution < -0.4 is 5.32 Å². The predicted octanol–water partition coefficient (Wildman–Crippen LogP) is 1.34. The van der Waals surface area contributed by atoms with Crippen LogP contribution in [0.2, 0.25) is 0 Å². The molecule has 96 valence electrons. The summed E-state index contributed by atoms with van der Waals surface area (Å²) in [6.45, 7) is 4.22. The molecule has 7 heteroatoms. The molecule has 5 nitrogen and oxygen atoms in total. The van der Waals surface area contributed by atoms with Crippen LogP contribution >= 0.6 is 23.3 Å². The molecule has 1 rings (SSSR count). The molecule has 0 fully saturated rings. The number of ether oxygens (including phenoxy) is 1. The van der Waals surface area contributed by atoms with E-state index in [4.69, 9.17) is 4.74 Å². The molecule has 0 amide bonds. The molecule has 0 bridgehead atoms. The highest BCUT2D eigenvalue weighted by molar-refractivity contribution is 8.01. The van der Waals surface area contributed by atoms with E-state index in [0.717, 1.165) is 16.6 Å². The average Bonchev–Trinajstić information content (AvgIpc) is 2.78. The number of carbonyl (C=O) groups is 1. The summed E-state index contributed by atoms with van der Waals surface area (Å²) in [5.41, 5.74) is 0. The highest BCUT2D eigenvalue weighted by Gasteiger charge is 2.18. The van der Waals surface area contributed by atoms with Gasteiger partial charge in [0.15, 0.2) is 4.34 Å². The molecule has 0 aliphatic heterocycles. The van der Waals surface area contributed by atoms with Crippen molar-refractivity contribution in [2.24, 2.45) is 0 Å². The van der Waals surface area contributed by atoms with Crippen LogP contribution in [0.25, 0.3) is 0 Å². The van der Waals surface area contributed by atoms with Crippen molar-refractivity contribution in [2.45, 2.75) is 30.6 Å². The maximum atomic E-state index is 11.5. The molecule has 1 N–H and O–H groups in total. The third-order valence-corrected chi connectivity index (χ3v) is 4.02. The second-order valence-corrected chi connectivity index (χ2v) is 5.25. The molecule has 1 aromatic rings. The van der Waals surface area contributed by atoms with Gasteiger partial charge in [-0.3, -0.25) is 4.79 Å². The van der Waals surface area contributed by atoms with Gasteiger partial charge in [0.05, 0.1) is 6.61 Å². The Labute approximate surface area is 110 Å². The Morgan fingerprint density at radius 1 is 1.59 bits per heavy atom. The number of nitrogens with one attached hydrogen (secondary N) is 1. The van der Waals surface area contributed by atoms with Crippen molar-refractivity contribution in [3.8, 4) is 0 Å². The molecular weight excluding hydrogens is 258 g/mol. The average molecular weight is 275 g/mol. The molecule has 1 aromatic heterocycles. The van der Waals surface area contributed by atoms with E-state index in [2.05, 4.69) is 14.7 Å². The molecule has 0 aliphatic carbocycles. The van der Waals surface area contributed by atoms with Crippen LogP contribution in [-0.4, -0.2) is 40.8 Å². The Balaban J connectivity index is 2.44. The lowest BCUT2D eigenvalue weighted by Crippen LogP contribution is -2.37. The van der Waals surface area contributed by atoms with Crippen molar-refractivity contribution in [3.05, 3.63) is 5.82 Å². The first kappa shape index (κ1) is 14.4. The number of likely N-dealkylation sites (N-methyl/N-ethyl adjacent to an activating group) is 1. The molecular formula is C10H17N3O2S2. The summed E-state index contributed by atoms with van der Waals surface area (Å²) in [7, 11) is 1.75. The first-order valence-corrected chi connectivity index (χ1v) is 7.26. The summed E-state index contributed by atoms with van der Waals surface area (Å²) in [5.74, 6) is 1.24. The first-order valence-electron chi connectivity index (χ1n) is 5.50. The molecule has 0 spiro atoms. The summed E-state index contributed by atoms with van der Waals surface area (Å²) in [6, 6.07) is -0.297. The number of hydrogen-bond acceptors (Lipinski definition) is 7. The summed E-state index contributed by atoms with van der Waals surface area (Å²) < 4.78 is 10.0. The van der Waals surface area contributed by atoms with Crippen molar-refractivity contribution in [3.63, 3.8) is 0 Å². The van der Waals surface area contributed by atoms with Gasteiger partial charge in [-0.05, 0) is 25.5 Å². The number of thioether (sulfide) groups is 1. The van der Waals surface area contributed by atoms with Gasteiger partial charge in [0.2, 0.25) is 0 Å². The van der Waals surface area contributed by atoms with Gasteiger partial charge in [-0.2, -0.15) is 4.37 Å². The number of nitrogens with zero attached hydrogens (tertiary/aromatic N) is 2. The number of rotatable bonds is 7. The number of aryl methyl sites for hydroxylation is 1. The van der Waals surface area contributed by atoms with E-state index in [1.807, 2.05) is 6.92 Å². The van der Waals surface area contributed by atoms with Gasteiger partial charge in [-0.25, -0.2) is 4.98 Å². The van der Waals surface area contributed by atoms with E-state index in [1.165, 1.54) is 23.3 Å². The smallest absolute Gasteiger partial charge is 0.323 e. The molecule has 1 atom stereocenters.